The van der Waals surface area contributed by atoms with E-state index in [2.05, 4.69) is 36.1 Å². The van der Waals surface area contributed by atoms with Gasteiger partial charge < -0.3 is 5.11 Å². The van der Waals surface area contributed by atoms with E-state index in [1.165, 1.54) is 5.39 Å². The third-order valence-corrected chi connectivity index (χ3v) is 2.63. The van der Waals surface area contributed by atoms with Crippen molar-refractivity contribution in [3.63, 3.8) is 0 Å². The van der Waals surface area contributed by atoms with Crippen LogP contribution in [0.4, 0.5) is 0 Å². The highest BCUT2D eigenvalue weighted by Gasteiger charge is 2.07. The molecule has 0 saturated heterocycles. The lowest BCUT2D eigenvalue weighted by Gasteiger charge is -2.08. The number of aliphatic hydroxyl groups is 1. The van der Waals surface area contributed by atoms with E-state index >= 15 is 0 Å². The van der Waals surface area contributed by atoms with Gasteiger partial charge in [-0.1, -0.05) is 48.2 Å². The number of benzene rings is 2. The van der Waals surface area contributed by atoms with Crippen LogP contribution in [-0.2, 0) is 0 Å². The van der Waals surface area contributed by atoms with Gasteiger partial charge in [0.05, 0.1) is 0 Å². The first-order chi connectivity index (χ1) is 7.97. The molecule has 1 heteroatoms. The highest BCUT2D eigenvalue weighted by atomic mass is 16.3. The van der Waals surface area contributed by atoms with Crippen molar-refractivity contribution in [3.05, 3.63) is 47.5 Å². The van der Waals surface area contributed by atoms with Crippen LogP contribution >= 0.6 is 0 Å². The fourth-order valence-electron chi connectivity index (χ4n) is 1.76. The molecule has 0 fully saturated rings. The molecule has 2 aromatic rings. The lowest BCUT2D eigenvalue weighted by Crippen LogP contribution is -2.14. The molecule has 0 aliphatic heterocycles. The summed E-state index contributed by atoms with van der Waals surface area (Å²) in [7, 11) is 0. The van der Waals surface area contributed by atoms with Crippen LogP contribution in [0.2, 0.25) is 0 Å². The van der Waals surface area contributed by atoms with Crippen LogP contribution in [0.15, 0.2) is 36.4 Å². The monoisotopic (exact) mass is 224 g/mol. The van der Waals surface area contributed by atoms with Crippen LogP contribution in [0.25, 0.3) is 10.8 Å². The largest absolute Gasteiger partial charge is 0.378 e. The predicted molar refractivity (Wildman–Crippen MR) is 71.9 cm³/mol. The second kappa shape index (κ2) is 4.24. The van der Waals surface area contributed by atoms with Crippen molar-refractivity contribution in [1.82, 2.24) is 0 Å². The van der Waals surface area contributed by atoms with Crippen molar-refractivity contribution >= 4 is 10.8 Å². The summed E-state index contributed by atoms with van der Waals surface area (Å²) in [6.07, 6.45) is 0. The first-order valence-corrected chi connectivity index (χ1v) is 5.71. The van der Waals surface area contributed by atoms with Gasteiger partial charge in [-0.2, -0.15) is 0 Å². The van der Waals surface area contributed by atoms with Gasteiger partial charge in [-0.15, -0.1) is 0 Å². The molecule has 0 aromatic heterocycles. The summed E-state index contributed by atoms with van der Waals surface area (Å²) in [6, 6.07) is 12.3. The van der Waals surface area contributed by atoms with Crippen LogP contribution < -0.4 is 0 Å². The van der Waals surface area contributed by atoms with Crippen LogP contribution in [0.3, 0.4) is 0 Å². The topological polar surface area (TPSA) is 20.2 Å². The Morgan fingerprint density at radius 2 is 1.76 bits per heavy atom. The van der Waals surface area contributed by atoms with E-state index in [0.29, 0.717) is 0 Å². The van der Waals surface area contributed by atoms with E-state index in [1.807, 2.05) is 19.1 Å². The van der Waals surface area contributed by atoms with Gasteiger partial charge in [0.25, 0.3) is 0 Å². The quantitative estimate of drug-likeness (QED) is 0.681. The summed E-state index contributed by atoms with van der Waals surface area (Å²) in [5, 5.41) is 12.0. The minimum absolute atomic E-state index is 0.955. The summed E-state index contributed by atoms with van der Waals surface area (Å²) in [5.74, 6) is 5.97. The number of rotatable bonds is 0. The maximum Gasteiger partial charge on any atom is 0.120 e. The lowest BCUT2D eigenvalue weighted by molar-refractivity contribution is 0.143. The first kappa shape index (κ1) is 11.7. The molecule has 2 aromatic carbocycles. The molecular formula is C16H16O. The Kier molecular flexibility index (Phi) is 2.92. The Bertz CT molecular complexity index is 607. The first-order valence-electron chi connectivity index (χ1n) is 5.71. The van der Waals surface area contributed by atoms with Gasteiger partial charge in [-0.25, -0.2) is 0 Å². The smallest absolute Gasteiger partial charge is 0.120 e. The molecule has 0 bridgehead atoms. The van der Waals surface area contributed by atoms with Crippen molar-refractivity contribution in [2.75, 3.05) is 0 Å². The molecular weight excluding hydrogens is 208 g/mol. The normalized spacial score (nSPS) is 11.1. The van der Waals surface area contributed by atoms with Crippen LogP contribution in [0, 0.1) is 18.8 Å². The van der Waals surface area contributed by atoms with E-state index in [0.717, 1.165) is 16.5 Å². The van der Waals surface area contributed by atoms with E-state index in [1.54, 1.807) is 13.8 Å². The van der Waals surface area contributed by atoms with E-state index in [9.17, 15) is 5.11 Å². The van der Waals surface area contributed by atoms with Gasteiger partial charge >= 0.3 is 0 Å². The van der Waals surface area contributed by atoms with Crippen molar-refractivity contribution in [2.24, 2.45) is 0 Å². The van der Waals surface area contributed by atoms with Crippen molar-refractivity contribution < 1.29 is 5.11 Å². The zero-order valence-corrected chi connectivity index (χ0v) is 10.4. The Hall–Kier alpha value is -1.78. The van der Waals surface area contributed by atoms with E-state index < -0.39 is 5.60 Å². The Morgan fingerprint density at radius 3 is 2.47 bits per heavy atom. The molecule has 0 radical (unpaired) electrons. The summed E-state index contributed by atoms with van der Waals surface area (Å²) in [6.45, 7) is 5.43. The summed E-state index contributed by atoms with van der Waals surface area (Å²) in [5.41, 5.74) is 1.19. The molecule has 0 aliphatic rings. The minimum atomic E-state index is -0.955. The van der Waals surface area contributed by atoms with Crippen molar-refractivity contribution in [1.29, 1.82) is 0 Å². The Labute approximate surface area is 102 Å². The van der Waals surface area contributed by atoms with Crippen LogP contribution in [0.1, 0.15) is 25.0 Å². The second-order valence-corrected chi connectivity index (χ2v) is 4.79. The van der Waals surface area contributed by atoms with Gasteiger partial charge in [-0.05, 0) is 37.1 Å². The summed E-state index contributed by atoms with van der Waals surface area (Å²) >= 11 is 0. The average molecular weight is 224 g/mol. The molecule has 0 heterocycles. The lowest BCUT2D eigenvalue weighted by atomic mass is 9.99. The maximum atomic E-state index is 9.67. The van der Waals surface area contributed by atoms with E-state index in [4.69, 9.17) is 0 Å². The van der Waals surface area contributed by atoms with Gasteiger partial charge in [0, 0.05) is 5.56 Å². The molecule has 0 unspecified atom stereocenters. The van der Waals surface area contributed by atoms with E-state index in [-0.39, 0.29) is 0 Å². The van der Waals surface area contributed by atoms with Gasteiger partial charge in [0.2, 0.25) is 0 Å². The predicted octanol–water partition coefficient (Wildman–Crippen LogP) is 3.27. The summed E-state index contributed by atoms with van der Waals surface area (Å²) < 4.78 is 0. The van der Waals surface area contributed by atoms with Crippen molar-refractivity contribution in [2.45, 2.75) is 26.4 Å². The highest BCUT2D eigenvalue weighted by Crippen LogP contribution is 2.21. The van der Waals surface area contributed by atoms with Gasteiger partial charge in [0.15, 0.2) is 0 Å². The third-order valence-electron chi connectivity index (χ3n) is 2.63. The standard InChI is InChI=1S/C16H16O/c1-12-8-9-13-6-4-5-7-15(13)14(12)10-11-16(2,3)17/h4-9,17H,1-3H3. The summed E-state index contributed by atoms with van der Waals surface area (Å²) in [4.78, 5) is 0. The molecule has 0 saturated carbocycles. The average Bonchev–Trinajstić information content (AvgIpc) is 2.26. The zero-order chi connectivity index (χ0) is 12.5. The Balaban J connectivity index is 2.66. The molecule has 0 spiro atoms. The fourth-order valence-corrected chi connectivity index (χ4v) is 1.76. The molecule has 1 N–H and O–H groups in total. The zero-order valence-electron chi connectivity index (χ0n) is 10.4. The molecule has 17 heavy (non-hydrogen) atoms. The van der Waals surface area contributed by atoms with Crippen molar-refractivity contribution in [3.8, 4) is 11.8 Å². The highest BCUT2D eigenvalue weighted by molar-refractivity contribution is 5.89. The number of hydrogen-bond donors (Lipinski definition) is 1. The SMILES string of the molecule is Cc1ccc2ccccc2c1C#CC(C)(C)O. The minimum Gasteiger partial charge on any atom is -0.378 e. The fraction of sp³-hybridized carbons (Fsp3) is 0.250. The van der Waals surface area contributed by atoms with Crippen LogP contribution in [-0.4, -0.2) is 10.7 Å². The third kappa shape index (κ3) is 2.67. The molecule has 1 nitrogen and oxygen atoms in total. The maximum absolute atomic E-state index is 9.67. The molecule has 2 rings (SSSR count). The number of hydrogen-bond acceptors (Lipinski definition) is 1. The molecule has 0 amide bonds. The molecule has 0 aliphatic carbocycles. The molecule has 0 atom stereocenters. The second-order valence-electron chi connectivity index (χ2n) is 4.79. The van der Waals surface area contributed by atoms with Gasteiger partial charge in [-0.3, -0.25) is 0 Å². The number of aryl methyl sites for hydroxylation is 1. The Morgan fingerprint density at radius 1 is 1.06 bits per heavy atom. The number of fused-ring (bicyclic) bond motifs is 1. The molecule has 86 valence electrons. The van der Waals surface area contributed by atoms with Crippen LogP contribution in [0.5, 0.6) is 0 Å². The van der Waals surface area contributed by atoms with Gasteiger partial charge in [0.1, 0.15) is 5.60 Å².